The Labute approximate surface area is 42.0 Å². The SMILES string of the molecule is COC1[CH]OC=N1. The van der Waals surface area contributed by atoms with Gasteiger partial charge in [0.1, 0.15) is 0 Å². The fourth-order valence-electron chi connectivity index (χ4n) is 0.349. The monoisotopic (exact) mass is 100 g/mol. The van der Waals surface area contributed by atoms with Crippen molar-refractivity contribution >= 4 is 6.40 Å². The van der Waals surface area contributed by atoms with Crippen LogP contribution in [0.3, 0.4) is 0 Å². The molecule has 1 heterocycles. The number of hydrogen-bond acceptors (Lipinski definition) is 3. The molecule has 0 aromatic carbocycles. The van der Waals surface area contributed by atoms with Crippen molar-refractivity contribution in [1.29, 1.82) is 0 Å². The Morgan fingerprint density at radius 1 is 1.86 bits per heavy atom. The van der Waals surface area contributed by atoms with Gasteiger partial charge in [-0.05, 0) is 0 Å². The number of hydrogen-bond donors (Lipinski definition) is 0. The summed E-state index contributed by atoms with van der Waals surface area (Å²) < 4.78 is 9.34. The molecule has 1 aliphatic heterocycles. The second-order valence-electron chi connectivity index (χ2n) is 1.15. The lowest BCUT2D eigenvalue weighted by Gasteiger charge is -1.96. The zero-order valence-corrected chi connectivity index (χ0v) is 4.00. The van der Waals surface area contributed by atoms with Gasteiger partial charge in [-0.2, -0.15) is 0 Å². The maximum absolute atomic E-state index is 4.73. The first kappa shape index (κ1) is 4.59. The second kappa shape index (κ2) is 1.93. The first-order valence-electron chi connectivity index (χ1n) is 1.97. The number of ether oxygens (including phenoxy) is 2. The minimum atomic E-state index is -0.181. The predicted molar refractivity (Wildman–Crippen MR) is 24.7 cm³/mol. The first-order chi connectivity index (χ1) is 3.43. The van der Waals surface area contributed by atoms with Crippen LogP contribution in [0.2, 0.25) is 0 Å². The van der Waals surface area contributed by atoms with Crippen LogP contribution in [0.15, 0.2) is 4.99 Å². The fraction of sp³-hybridized carbons (Fsp3) is 0.500. The van der Waals surface area contributed by atoms with Crippen molar-refractivity contribution in [3.63, 3.8) is 0 Å². The minimum Gasteiger partial charge on any atom is -0.471 e. The highest BCUT2D eigenvalue weighted by Gasteiger charge is 2.08. The molecule has 0 saturated carbocycles. The van der Waals surface area contributed by atoms with E-state index in [4.69, 9.17) is 4.74 Å². The molecule has 0 saturated heterocycles. The number of rotatable bonds is 1. The van der Waals surface area contributed by atoms with Crippen molar-refractivity contribution in [3.05, 3.63) is 6.61 Å². The average molecular weight is 100 g/mol. The lowest BCUT2D eigenvalue weighted by Crippen LogP contribution is -2.01. The summed E-state index contributed by atoms with van der Waals surface area (Å²) in [4.78, 5) is 3.73. The van der Waals surface area contributed by atoms with Gasteiger partial charge in [-0.15, -0.1) is 0 Å². The molecular formula is C4H6NO2. The van der Waals surface area contributed by atoms with Gasteiger partial charge in [0.25, 0.3) is 0 Å². The molecule has 1 radical (unpaired) electrons. The Morgan fingerprint density at radius 2 is 2.71 bits per heavy atom. The number of methoxy groups -OCH3 is 1. The van der Waals surface area contributed by atoms with E-state index in [9.17, 15) is 0 Å². The van der Waals surface area contributed by atoms with Crippen molar-refractivity contribution < 1.29 is 9.47 Å². The van der Waals surface area contributed by atoms with Crippen LogP contribution >= 0.6 is 0 Å². The fourth-order valence-corrected chi connectivity index (χ4v) is 0.349. The molecule has 0 spiro atoms. The molecular weight excluding hydrogens is 94.0 g/mol. The molecule has 7 heavy (non-hydrogen) atoms. The summed E-state index contributed by atoms with van der Waals surface area (Å²) >= 11 is 0. The molecule has 39 valence electrons. The quantitative estimate of drug-likeness (QED) is 0.470. The molecule has 1 unspecified atom stereocenters. The van der Waals surface area contributed by atoms with Crippen molar-refractivity contribution in [2.45, 2.75) is 6.23 Å². The molecule has 3 heteroatoms. The second-order valence-corrected chi connectivity index (χ2v) is 1.15. The van der Waals surface area contributed by atoms with Gasteiger partial charge in [0.05, 0.1) is 0 Å². The van der Waals surface area contributed by atoms with Gasteiger partial charge in [0.2, 0.25) is 0 Å². The summed E-state index contributed by atoms with van der Waals surface area (Å²) in [6.45, 7) is 1.51. The third kappa shape index (κ3) is 0.899. The smallest absolute Gasteiger partial charge is 0.191 e. The van der Waals surface area contributed by atoms with Crippen LogP contribution in [0.4, 0.5) is 0 Å². The zero-order chi connectivity index (χ0) is 5.11. The van der Waals surface area contributed by atoms with E-state index < -0.39 is 0 Å². The highest BCUT2D eigenvalue weighted by Crippen LogP contribution is 2.02. The van der Waals surface area contributed by atoms with Crippen molar-refractivity contribution in [2.24, 2.45) is 4.99 Å². The summed E-state index contributed by atoms with van der Waals surface area (Å²) in [5.74, 6) is 0. The van der Waals surface area contributed by atoms with E-state index in [2.05, 4.69) is 9.73 Å². The predicted octanol–water partition coefficient (Wildman–Crippen LogP) is 0.179. The Morgan fingerprint density at radius 3 is 3.00 bits per heavy atom. The lowest BCUT2D eigenvalue weighted by atomic mass is 10.6. The van der Waals surface area contributed by atoms with Gasteiger partial charge in [-0.3, -0.25) is 0 Å². The standard InChI is InChI=1S/C4H6NO2/c1-6-4-2-7-3-5-4/h2-4H,1H3. The summed E-state index contributed by atoms with van der Waals surface area (Å²) in [6.07, 6.45) is 1.17. The molecule has 1 rings (SSSR count). The first-order valence-corrected chi connectivity index (χ1v) is 1.97. The van der Waals surface area contributed by atoms with E-state index in [-0.39, 0.29) is 6.23 Å². The van der Waals surface area contributed by atoms with Crippen molar-refractivity contribution in [1.82, 2.24) is 0 Å². The average Bonchev–Trinajstić information content (AvgIpc) is 2.14. The minimum absolute atomic E-state index is 0.181. The maximum atomic E-state index is 4.73. The van der Waals surface area contributed by atoms with Gasteiger partial charge in [-0.25, -0.2) is 4.99 Å². The molecule has 3 nitrogen and oxygen atoms in total. The Kier molecular flexibility index (Phi) is 1.26. The molecule has 0 fully saturated rings. The third-order valence-electron chi connectivity index (χ3n) is 0.705. The van der Waals surface area contributed by atoms with Crippen LogP contribution in [0.1, 0.15) is 0 Å². The topological polar surface area (TPSA) is 30.8 Å². The Bertz CT molecular complexity index is 81.8. The zero-order valence-electron chi connectivity index (χ0n) is 4.00. The Hall–Kier alpha value is -0.570. The summed E-state index contributed by atoms with van der Waals surface area (Å²) in [5, 5.41) is 0. The van der Waals surface area contributed by atoms with Crippen molar-refractivity contribution in [3.8, 4) is 0 Å². The van der Waals surface area contributed by atoms with Crippen LogP contribution in [-0.4, -0.2) is 19.7 Å². The van der Waals surface area contributed by atoms with Crippen LogP contribution in [0.5, 0.6) is 0 Å². The summed E-state index contributed by atoms with van der Waals surface area (Å²) in [7, 11) is 1.58. The van der Waals surface area contributed by atoms with E-state index in [1.54, 1.807) is 7.11 Å². The normalized spacial score (nSPS) is 27.9. The van der Waals surface area contributed by atoms with Crippen molar-refractivity contribution in [2.75, 3.05) is 7.11 Å². The highest BCUT2D eigenvalue weighted by molar-refractivity contribution is 5.49. The third-order valence-corrected chi connectivity index (χ3v) is 0.705. The van der Waals surface area contributed by atoms with E-state index in [0.29, 0.717) is 0 Å². The number of aliphatic imine (C=N–C) groups is 1. The van der Waals surface area contributed by atoms with E-state index in [1.165, 1.54) is 13.0 Å². The van der Waals surface area contributed by atoms with Gasteiger partial charge in [0, 0.05) is 7.11 Å². The lowest BCUT2D eigenvalue weighted by molar-refractivity contribution is 0.116. The van der Waals surface area contributed by atoms with E-state index in [1.807, 2.05) is 0 Å². The molecule has 1 aliphatic rings. The molecule has 1 atom stereocenters. The molecule has 0 aromatic rings. The largest absolute Gasteiger partial charge is 0.471 e. The van der Waals surface area contributed by atoms with Gasteiger partial charge in [-0.1, -0.05) is 0 Å². The molecule has 0 amide bonds. The van der Waals surface area contributed by atoms with Crippen LogP contribution in [0.25, 0.3) is 0 Å². The summed E-state index contributed by atoms with van der Waals surface area (Å²) in [5.41, 5.74) is 0. The Balaban J connectivity index is 2.28. The molecule has 0 bridgehead atoms. The van der Waals surface area contributed by atoms with Crippen LogP contribution in [-0.2, 0) is 9.47 Å². The van der Waals surface area contributed by atoms with E-state index in [0.717, 1.165) is 0 Å². The number of nitrogens with zero attached hydrogens (tertiary/aromatic N) is 1. The molecule has 0 N–H and O–H groups in total. The highest BCUT2D eigenvalue weighted by atomic mass is 16.5. The van der Waals surface area contributed by atoms with Gasteiger partial charge in [0.15, 0.2) is 19.2 Å². The van der Waals surface area contributed by atoms with Gasteiger partial charge < -0.3 is 9.47 Å². The molecule has 0 aliphatic carbocycles. The van der Waals surface area contributed by atoms with Crippen LogP contribution < -0.4 is 0 Å². The summed E-state index contributed by atoms with van der Waals surface area (Å²) in [6, 6.07) is 0. The molecule has 0 aromatic heterocycles. The van der Waals surface area contributed by atoms with E-state index >= 15 is 0 Å². The van der Waals surface area contributed by atoms with Gasteiger partial charge >= 0.3 is 0 Å². The maximum Gasteiger partial charge on any atom is 0.191 e. The van der Waals surface area contributed by atoms with Crippen LogP contribution in [0, 0.1) is 6.61 Å².